The number of aryl methyl sites for hydroxylation is 4. The van der Waals surface area contributed by atoms with Crippen LogP contribution in [-0.2, 0) is 25.7 Å². The third-order valence-corrected chi connectivity index (χ3v) is 22.3. The van der Waals surface area contributed by atoms with Gasteiger partial charge in [0, 0.05) is 76.1 Å². The van der Waals surface area contributed by atoms with Crippen LogP contribution < -0.4 is 0 Å². The molecule has 4 heteroatoms. The molecule has 0 radical (unpaired) electrons. The maximum Gasteiger partial charge on any atom is 0.0445 e. The summed E-state index contributed by atoms with van der Waals surface area (Å²) in [4.78, 5) is 0. The lowest BCUT2D eigenvalue weighted by atomic mass is 9.76. The molecule has 0 aromatic heterocycles. The van der Waals surface area contributed by atoms with Crippen molar-refractivity contribution in [2.45, 2.75) is 128 Å². The Labute approximate surface area is 435 Å². The average Bonchev–Trinajstić information content (AvgIpc) is 3.33. The molecule has 0 aliphatic rings. The van der Waals surface area contributed by atoms with Gasteiger partial charge in [-0.25, -0.2) is 0 Å². The first-order chi connectivity index (χ1) is 34.2. The maximum absolute atomic E-state index is 4.20. The third kappa shape index (κ3) is 10.0. The Bertz CT molecular complexity index is 3580. The first kappa shape index (κ1) is 49.8. The zero-order valence-electron chi connectivity index (χ0n) is 45.4. The monoisotopic (exact) mass is 1000 g/mol. The van der Waals surface area contributed by atoms with E-state index < -0.39 is 32.3 Å². The summed E-state index contributed by atoms with van der Waals surface area (Å²) < 4.78 is 0. The zero-order valence-corrected chi connectivity index (χ0v) is 49.4. The standard InChI is InChI=1S/C68H74Si4/c1-69(2,3)43-39-53-51-29-19-20-30-52(51)54(40-44-70(4,5)6)64-58(38-34-48-25-17-14-18-26-48)68-60(42-46-72(10,11)12)66-56-32-22-28-50-36-35-49-27-21-31-55(61(49)62(50)56)65(66)59(41-45-71(7,8)9)67(68)57(63(53)64)37-33-47-23-15-13-16-24-47/h13-32,35-36H,39-46H2,1-12H3. The molecule has 10 aromatic carbocycles. The molecule has 362 valence electrons. The Balaban J connectivity index is 1.60. The molecule has 0 amide bonds. The van der Waals surface area contributed by atoms with E-state index in [0.29, 0.717) is 0 Å². The molecule has 0 N–H and O–H groups in total. The van der Waals surface area contributed by atoms with Gasteiger partial charge in [-0.3, -0.25) is 0 Å². The molecule has 0 nitrogen and oxygen atoms in total. The van der Waals surface area contributed by atoms with Crippen molar-refractivity contribution < 1.29 is 0 Å². The zero-order chi connectivity index (χ0) is 50.7. The summed E-state index contributed by atoms with van der Waals surface area (Å²) >= 11 is 0. The van der Waals surface area contributed by atoms with Gasteiger partial charge in [-0.05, 0) is 126 Å². The van der Waals surface area contributed by atoms with Crippen molar-refractivity contribution in [1.29, 1.82) is 0 Å². The molecular weight excluding hydrogens is 929 g/mol. The SMILES string of the molecule is C[Si](C)(C)CCc1c2ccccc2c(CC[Si](C)(C)C)c2c(C#Cc3ccccc3)c3c(CC[Si](C)(C)C)c4c5cccc6ccc7cccc(c4c(CC[Si](C)(C)C)c3c(C#Cc3ccccc3)c12)c7c65. The molecule has 0 heterocycles. The van der Waals surface area contributed by atoms with Crippen molar-refractivity contribution in [3.63, 3.8) is 0 Å². The van der Waals surface area contributed by atoms with Crippen LogP contribution in [-0.4, -0.2) is 32.3 Å². The van der Waals surface area contributed by atoms with Crippen LogP contribution in [0.3, 0.4) is 0 Å². The summed E-state index contributed by atoms with van der Waals surface area (Å²) in [6, 6.07) is 54.9. The van der Waals surface area contributed by atoms with Gasteiger partial charge in [0.05, 0.1) is 0 Å². The molecule has 0 aliphatic carbocycles. The van der Waals surface area contributed by atoms with Crippen LogP contribution in [0.2, 0.25) is 103 Å². The molecule has 0 aliphatic heterocycles. The van der Waals surface area contributed by atoms with E-state index in [1.54, 1.807) is 0 Å². The Morgan fingerprint density at radius 3 is 0.917 bits per heavy atom. The first-order valence-electron chi connectivity index (χ1n) is 26.9. The lowest BCUT2D eigenvalue weighted by molar-refractivity contribution is 1.10. The van der Waals surface area contributed by atoms with Crippen LogP contribution in [0.1, 0.15) is 44.5 Å². The topological polar surface area (TPSA) is 0 Å². The second-order valence-electron chi connectivity index (χ2n) is 25.8. The van der Waals surface area contributed by atoms with Crippen molar-refractivity contribution in [3.8, 4) is 23.7 Å². The van der Waals surface area contributed by atoms with Crippen molar-refractivity contribution in [2.75, 3.05) is 0 Å². The van der Waals surface area contributed by atoms with E-state index in [0.717, 1.165) is 36.8 Å². The highest BCUT2D eigenvalue weighted by Gasteiger charge is 2.31. The van der Waals surface area contributed by atoms with Crippen molar-refractivity contribution >= 4 is 108 Å². The lowest BCUT2D eigenvalue weighted by Crippen LogP contribution is -2.21. The van der Waals surface area contributed by atoms with Gasteiger partial charge >= 0.3 is 0 Å². The molecule has 72 heavy (non-hydrogen) atoms. The van der Waals surface area contributed by atoms with Gasteiger partial charge in [0.2, 0.25) is 0 Å². The first-order valence-corrected chi connectivity index (χ1v) is 41.7. The predicted molar refractivity (Wildman–Crippen MR) is 332 cm³/mol. The third-order valence-electron chi connectivity index (χ3n) is 15.3. The van der Waals surface area contributed by atoms with E-state index >= 15 is 0 Å². The Hall–Kier alpha value is -5.73. The Kier molecular flexibility index (Phi) is 13.3. The quantitative estimate of drug-likeness (QED) is 0.0495. The van der Waals surface area contributed by atoms with Gasteiger partial charge in [0.15, 0.2) is 0 Å². The normalized spacial score (nSPS) is 12.7. The van der Waals surface area contributed by atoms with Crippen LogP contribution in [0.5, 0.6) is 0 Å². The van der Waals surface area contributed by atoms with Gasteiger partial charge in [0.1, 0.15) is 0 Å². The second-order valence-corrected chi connectivity index (χ2v) is 48.3. The fourth-order valence-corrected chi connectivity index (χ4v) is 15.5. The smallest absolute Gasteiger partial charge is 0.0445 e. The minimum absolute atomic E-state index is 0.995. The minimum atomic E-state index is -1.59. The summed E-state index contributed by atoms with van der Waals surface area (Å²) in [6.45, 7) is 30.7. The van der Waals surface area contributed by atoms with Crippen LogP contribution in [0.25, 0.3) is 75.4 Å². The summed E-state index contributed by atoms with van der Waals surface area (Å²) in [6.07, 6.45) is 4.03. The highest BCUT2D eigenvalue weighted by Crippen LogP contribution is 2.51. The largest absolute Gasteiger partial charge is 0.0695 e. The van der Waals surface area contributed by atoms with Crippen LogP contribution in [0, 0.1) is 23.7 Å². The lowest BCUT2D eigenvalue weighted by Gasteiger charge is -2.29. The molecule has 0 saturated heterocycles. The van der Waals surface area contributed by atoms with Crippen molar-refractivity contribution in [1.82, 2.24) is 0 Å². The predicted octanol–water partition coefficient (Wildman–Crippen LogP) is 19.5. The van der Waals surface area contributed by atoms with Gasteiger partial charge in [-0.1, -0.05) is 236 Å². The van der Waals surface area contributed by atoms with E-state index in [-0.39, 0.29) is 0 Å². The van der Waals surface area contributed by atoms with E-state index in [1.807, 2.05) is 0 Å². The van der Waals surface area contributed by atoms with E-state index in [1.165, 1.54) is 133 Å². The van der Waals surface area contributed by atoms with Gasteiger partial charge < -0.3 is 0 Å². The number of benzene rings is 10. The molecule has 0 fully saturated rings. The Morgan fingerprint density at radius 1 is 0.264 bits per heavy atom. The minimum Gasteiger partial charge on any atom is -0.0695 e. The molecule has 10 aromatic rings. The fraction of sp³-hybridized carbons (Fsp3) is 0.294. The molecule has 0 atom stereocenters. The average molecular weight is 1000 g/mol. The number of rotatable bonds is 12. The van der Waals surface area contributed by atoms with Crippen LogP contribution in [0.4, 0.5) is 0 Å². The van der Waals surface area contributed by atoms with Crippen LogP contribution >= 0.6 is 0 Å². The summed E-state index contributed by atoms with van der Waals surface area (Å²) in [5.41, 5.74) is 10.5. The molecular formula is C68H74Si4. The van der Waals surface area contributed by atoms with Crippen molar-refractivity contribution in [3.05, 3.63) is 178 Å². The second kappa shape index (κ2) is 19.3. The van der Waals surface area contributed by atoms with E-state index in [2.05, 4.69) is 236 Å². The van der Waals surface area contributed by atoms with Crippen molar-refractivity contribution in [2.24, 2.45) is 0 Å². The summed E-state index contributed by atoms with van der Waals surface area (Å²) in [5.74, 6) is 16.2. The molecule has 10 rings (SSSR count). The highest BCUT2D eigenvalue weighted by atomic mass is 28.3. The highest BCUT2D eigenvalue weighted by molar-refractivity contribution is 6.77. The molecule has 0 saturated carbocycles. The maximum atomic E-state index is 4.20. The van der Waals surface area contributed by atoms with Gasteiger partial charge in [-0.15, -0.1) is 0 Å². The number of hydrogen-bond donors (Lipinski definition) is 0. The molecule has 0 unspecified atom stereocenters. The molecule has 0 spiro atoms. The number of fused-ring (bicyclic) bond motifs is 6. The fourth-order valence-electron chi connectivity index (χ4n) is 11.5. The van der Waals surface area contributed by atoms with Crippen LogP contribution in [0.15, 0.2) is 133 Å². The van der Waals surface area contributed by atoms with Gasteiger partial charge in [-0.2, -0.15) is 0 Å². The van der Waals surface area contributed by atoms with E-state index in [4.69, 9.17) is 0 Å². The summed E-state index contributed by atoms with van der Waals surface area (Å²) in [7, 11) is -6.22. The Morgan fingerprint density at radius 2 is 0.569 bits per heavy atom. The summed E-state index contributed by atoms with van der Waals surface area (Å²) in [5, 5.41) is 19.4. The molecule has 0 bridgehead atoms. The van der Waals surface area contributed by atoms with E-state index in [9.17, 15) is 0 Å². The number of hydrogen-bond acceptors (Lipinski definition) is 0. The van der Waals surface area contributed by atoms with Gasteiger partial charge in [0.25, 0.3) is 0 Å².